The minimum atomic E-state index is -0.362. The van der Waals surface area contributed by atoms with Crippen LogP contribution in [0.25, 0.3) is 0 Å². The van der Waals surface area contributed by atoms with Crippen molar-refractivity contribution in [2.75, 3.05) is 6.61 Å². The van der Waals surface area contributed by atoms with E-state index < -0.39 is 0 Å². The number of carbonyl (C=O) groups excluding carboxylic acids is 2. The van der Waals surface area contributed by atoms with E-state index >= 15 is 0 Å². The van der Waals surface area contributed by atoms with Crippen molar-refractivity contribution in [1.82, 2.24) is 9.88 Å². The molecule has 0 radical (unpaired) electrons. The molecule has 0 saturated heterocycles. The van der Waals surface area contributed by atoms with Crippen LogP contribution in [0.2, 0.25) is 0 Å². The number of hydrogen-bond donors (Lipinski definition) is 1. The Morgan fingerprint density at radius 3 is 2.03 bits per heavy atom. The molecular formula is C24H26N2O3. The van der Waals surface area contributed by atoms with Crippen LogP contribution in [-0.2, 0) is 16.1 Å². The topological polar surface area (TPSA) is 60.3 Å². The highest BCUT2D eigenvalue weighted by Crippen LogP contribution is 2.22. The predicted octanol–water partition coefficient (Wildman–Crippen LogP) is 4.19. The maximum atomic E-state index is 12.9. The van der Waals surface area contributed by atoms with Crippen molar-refractivity contribution in [1.29, 1.82) is 0 Å². The van der Waals surface area contributed by atoms with Gasteiger partial charge in [0.2, 0.25) is 5.91 Å². The van der Waals surface area contributed by atoms with Crippen LogP contribution in [0.1, 0.15) is 45.8 Å². The second-order valence-corrected chi connectivity index (χ2v) is 6.91. The van der Waals surface area contributed by atoms with Crippen LogP contribution in [0, 0.1) is 13.8 Å². The molecule has 0 spiro atoms. The molecule has 0 aliphatic carbocycles. The number of benzene rings is 2. The SMILES string of the molecule is CCOC(=O)c1cc(C)n(CC(=O)NC(c2ccccc2)c2ccccc2)c1C. The van der Waals surface area contributed by atoms with E-state index in [2.05, 4.69) is 5.32 Å². The molecule has 1 amide bonds. The number of rotatable bonds is 7. The quantitative estimate of drug-likeness (QED) is 0.616. The highest BCUT2D eigenvalue weighted by Gasteiger charge is 2.20. The van der Waals surface area contributed by atoms with Crippen LogP contribution in [0.4, 0.5) is 0 Å². The van der Waals surface area contributed by atoms with Gasteiger partial charge < -0.3 is 14.6 Å². The van der Waals surface area contributed by atoms with Crippen molar-refractivity contribution < 1.29 is 14.3 Å². The summed E-state index contributed by atoms with van der Waals surface area (Å²) < 4.78 is 6.95. The second kappa shape index (κ2) is 9.24. The van der Waals surface area contributed by atoms with Gasteiger partial charge in [-0.3, -0.25) is 4.79 Å². The van der Waals surface area contributed by atoms with Crippen LogP contribution >= 0.6 is 0 Å². The molecule has 0 saturated carbocycles. The molecular weight excluding hydrogens is 364 g/mol. The Balaban J connectivity index is 1.82. The largest absolute Gasteiger partial charge is 0.462 e. The molecule has 0 fully saturated rings. The Morgan fingerprint density at radius 2 is 1.52 bits per heavy atom. The molecule has 1 aromatic heterocycles. The van der Waals surface area contributed by atoms with Crippen LogP contribution in [0.5, 0.6) is 0 Å². The minimum absolute atomic E-state index is 0.125. The van der Waals surface area contributed by atoms with Crippen molar-refractivity contribution in [3.8, 4) is 0 Å². The average Bonchev–Trinajstić information content (AvgIpc) is 3.02. The standard InChI is InChI=1S/C24H26N2O3/c1-4-29-24(28)21-15-17(2)26(18(21)3)16-22(27)25-23(19-11-7-5-8-12-19)20-13-9-6-10-14-20/h5-15,23H,4,16H2,1-3H3,(H,25,27). The third kappa shape index (κ3) is 4.74. The van der Waals surface area contributed by atoms with Crippen molar-refractivity contribution >= 4 is 11.9 Å². The Hall–Kier alpha value is -3.34. The lowest BCUT2D eigenvalue weighted by Gasteiger charge is -2.21. The number of nitrogens with zero attached hydrogens (tertiary/aromatic N) is 1. The molecule has 150 valence electrons. The lowest BCUT2D eigenvalue weighted by molar-refractivity contribution is -0.122. The van der Waals surface area contributed by atoms with Crippen LogP contribution in [0.3, 0.4) is 0 Å². The number of amides is 1. The first kappa shape index (κ1) is 20.4. The summed E-state index contributed by atoms with van der Waals surface area (Å²) in [6, 6.07) is 21.3. The molecule has 3 rings (SSSR count). The van der Waals surface area contributed by atoms with E-state index in [1.165, 1.54) is 0 Å². The van der Waals surface area contributed by atoms with Gasteiger partial charge in [0.1, 0.15) is 6.54 Å². The first-order valence-electron chi connectivity index (χ1n) is 9.74. The van der Waals surface area contributed by atoms with E-state index in [9.17, 15) is 9.59 Å². The molecule has 5 nitrogen and oxygen atoms in total. The number of ether oxygens (including phenoxy) is 1. The lowest BCUT2D eigenvalue weighted by Crippen LogP contribution is -2.32. The molecule has 2 aromatic carbocycles. The fourth-order valence-corrected chi connectivity index (χ4v) is 3.46. The predicted molar refractivity (Wildman–Crippen MR) is 113 cm³/mol. The summed E-state index contributed by atoms with van der Waals surface area (Å²) >= 11 is 0. The first-order valence-corrected chi connectivity index (χ1v) is 9.74. The Bertz CT molecular complexity index is 939. The van der Waals surface area contributed by atoms with Crippen molar-refractivity contribution in [3.05, 3.63) is 94.8 Å². The Morgan fingerprint density at radius 1 is 0.966 bits per heavy atom. The average molecular weight is 390 g/mol. The van der Waals surface area contributed by atoms with Gasteiger partial charge in [-0.25, -0.2) is 4.79 Å². The van der Waals surface area contributed by atoms with Gasteiger partial charge in [-0.1, -0.05) is 60.7 Å². The number of aromatic nitrogens is 1. The molecule has 0 bridgehead atoms. The van der Waals surface area contributed by atoms with Crippen molar-refractivity contribution in [3.63, 3.8) is 0 Å². The summed E-state index contributed by atoms with van der Waals surface area (Å²) in [4.78, 5) is 25.1. The zero-order chi connectivity index (χ0) is 20.8. The van der Waals surface area contributed by atoms with Gasteiger partial charge in [0.25, 0.3) is 0 Å². The molecule has 0 unspecified atom stereocenters. The van der Waals surface area contributed by atoms with E-state index in [0.29, 0.717) is 12.2 Å². The maximum absolute atomic E-state index is 12.9. The van der Waals surface area contributed by atoms with Crippen LogP contribution in [-0.4, -0.2) is 23.1 Å². The summed E-state index contributed by atoms with van der Waals surface area (Å²) in [5.74, 6) is -0.487. The fraction of sp³-hybridized carbons (Fsp3) is 0.250. The monoisotopic (exact) mass is 390 g/mol. The summed E-state index contributed by atoms with van der Waals surface area (Å²) in [6.45, 7) is 5.94. The third-order valence-corrected chi connectivity index (χ3v) is 4.94. The summed E-state index contributed by atoms with van der Waals surface area (Å²) in [7, 11) is 0. The molecule has 1 N–H and O–H groups in total. The van der Waals surface area contributed by atoms with Gasteiger partial charge in [0.15, 0.2) is 0 Å². The number of carbonyl (C=O) groups is 2. The molecule has 29 heavy (non-hydrogen) atoms. The lowest BCUT2D eigenvalue weighted by atomic mass is 9.99. The molecule has 1 heterocycles. The third-order valence-electron chi connectivity index (χ3n) is 4.94. The van der Waals surface area contributed by atoms with Gasteiger partial charge in [-0.05, 0) is 38.0 Å². The summed E-state index contributed by atoms with van der Waals surface area (Å²) in [5, 5.41) is 3.14. The van der Waals surface area contributed by atoms with E-state index in [0.717, 1.165) is 22.5 Å². The number of esters is 1. The highest BCUT2D eigenvalue weighted by molar-refractivity contribution is 5.91. The first-order chi connectivity index (χ1) is 14.0. The zero-order valence-electron chi connectivity index (χ0n) is 17.0. The van der Waals surface area contributed by atoms with Crippen molar-refractivity contribution in [2.45, 2.75) is 33.4 Å². The number of hydrogen-bond acceptors (Lipinski definition) is 3. The molecule has 0 atom stereocenters. The maximum Gasteiger partial charge on any atom is 0.339 e. The molecule has 0 aliphatic rings. The van der Waals surface area contributed by atoms with E-state index in [1.54, 1.807) is 13.0 Å². The summed E-state index contributed by atoms with van der Waals surface area (Å²) in [6.07, 6.45) is 0. The van der Waals surface area contributed by atoms with Gasteiger partial charge in [-0.15, -0.1) is 0 Å². The smallest absolute Gasteiger partial charge is 0.339 e. The Labute approximate surface area is 171 Å². The molecule has 5 heteroatoms. The van der Waals surface area contributed by atoms with Crippen LogP contribution in [0.15, 0.2) is 66.7 Å². The Kier molecular flexibility index (Phi) is 6.50. The molecule has 0 aliphatic heterocycles. The second-order valence-electron chi connectivity index (χ2n) is 6.91. The van der Waals surface area contributed by atoms with Gasteiger partial charge in [0, 0.05) is 11.4 Å². The number of aryl methyl sites for hydroxylation is 1. The fourth-order valence-electron chi connectivity index (χ4n) is 3.46. The van der Waals surface area contributed by atoms with E-state index in [-0.39, 0.29) is 24.5 Å². The minimum Gasteiger partial charge on any atom is -0.462 e. The van der Waals surface area contributed by atoms with E-state index in [4.69, 9.17) is 4.74 Å². The van der Waals surface area contributed by atoms with Gasteiger partial charge >= 0.3 is 5.97 Å². The molecule has 3 aromatic rings. The highest BCUT2D eigenvalue weighted by atomic mass is 16.5. The van der Waals surface area contributed by atoms with Crippen molar-refractivity contribution in [2.24, 2.45) is 0 Å². The normalized spacial score (nSPS) is 10.8. The van der Waals surface area contributed by atoms with Gasteiger partial charge in [0.05, 0.1) is 18.2 Å². The van der Waals surface area contributed by atoms with Crippen LogP contribution < -0.4 is 5.32 Å². The van der Waals surface area contributed by atoms with Gasteiger partial charge in [-0.2, -0.15) is 0 Å². The summed E-state index contributed by atoms with van der Waals surface area (Å²) in [5.41, 5.74) is 4.10. The zero-order valence-corrected chi connectivity index (χ0v) is 17.0. The number of nitrogens with one attached hydrogen (secondary N) is 1. The van der Waals surface area contributed by atoms with E-state index in [1.807, 2.05) is 79.1 Å².